The summed E-state index contributed by atoms with van der Waals surface area (Å²) in [6.07, 6.45) is 0.345. The van der Waals surface area contributed by atoms with Crippen molar-refractivity contribution in [3.63, 3.8) is 0 Å². The Morgan fingerprint density at radius 1 is 1.26 bits per heavy atom. The van der Waals surface area contributed by atoms with E-state index in [0.29, 0.717) is 12.3 Å². The third kappa shape index (κ3) is 4.89. The zero-order chi connectivity index (χ0) is 19.4. The number of amides is 1. The molecule has 2 aromatic rings. The van der Waals surface area contributed by atoms with Crippen molar-refractivity contribution in [2.24, 2.45) is 5.92 Å². The highest BCUT2D eigenvalue weighted by Gasteiger charge is 2.16. The fourth-order valence-electron chi connectivity index (χ4n) is 3.48. The van der Waals surface area contributed by atoms with Crippen LogP contribution in [0.3, 0.4) is 0 Å². The summed E-state index contributed by atoms with van der Waals surface area (Å²) < 4.78 is 7.43. The molecule has 1 saturated heterocycles. The number of hydrogen-bond acceptors (Lipinski definition) is 4. The molecule has 1 N–H and O–H groups in total. The molecule has 0 spiro atoms. The highest BCUT2D eigenvalue weighted by molar-refractivity contribution is 5.93. The van der Waals surface area contributed by atoms with Crippen LogP contribution in [0.25, 0.3) is 0 Å². The fourth-order valence-corrected chi connectivity index (χ4v) is 3.48. The molecular weight excluding hydrogens is 340 g/mol. The summed E-state index contributed by atoms with van der Waals surface area (Å²) in [6.45, 7) is 12.5. The summed E-state index contributed by atoms with van der Waals surface area (Å²) in [5.74, 6) is 0.511. The number of aromatic nitrogens is 2. The first kappa shape index (κ1) is 19.4. The van der Waals surface area contributed by atoms with Gasteiger partial charge < -0.3 is 15.0 Å². The number of carbonyl (C=O) groups excluding carboxylic acids is 1. The first-order chi connectivity index (χ1) is 12.9. The topological polar surface area (TPSA) is 59.4 Å². The molecule has 27 heavy (non-hydrogen) atoms. The van der Waals surface area contributed by atoms with E-state index in [-0.39, 0.29) is 5.91 Å². The minimum Gasteiger partial charge on any atom is -0.378 e. The lowest BCUT2D eigenvalue weighted by molar-refractivity contribution is -0.115. The summed E-state index contributed by atoms with van der Waals surface area (Å²) in [6, 6.07) is 8.03. The number of nitrogens with one attached hydrogen (secondary N) is 1. The molecule has 0 aliphatic carbocycles. The van der Waals surface area contributed by atoms with Crippen molar-refractivity contribution in [1.29, 1.82) is 0 Å². The molecule has 1 aliphatic rings. The molecule has 1 aliphatic heterocycles. The van der Waals surface area contributed by atoms with E-state index in [0.717, 1.165) is 61.2 Å². The van der Waals surface area contributed by atoms with E-state index in [4.69, 9.17) is 4.74 Å². The molecule has 1 aromatic carbocycles. The van der Waals surface area contributed by atoms with Gasteiger partial charge in [-0.25, -0.2) is 0 Å². The van der Waals surface area contributed by atoms with Gasteiger partial charge in [-0.3, -0.25) is 9.48 Å². The zero-order valence-electron chi connectivity index (χ0n) is 16.8. The van der Waals surface area contributed by atoms with Gasteiger partial charge in [0.15, 0.2) is 0 Å². The van der Waals surface area contributed by atoms with Crippen molar-refractivity contribution in [3.05, 3.63) is 41.2 Å². The van der Waals surface area contributed by atoms with Crippen molar-refractivity contribution in [1.82, 2.24) is 9.78 Å². The predicted octanol–water partition coefficient (Wildman–Crippen LogP) is 3.17. The molecule has 1 amide bonds. The normalized spacial score (nSPS) is 14.6. The van der Waals surface area contributed by atoms with Gasteiger partial charge in [0.25, 0.3) is 0 Å². The van der Waals surface area contributed by atoms with E-state index in [9.17, 15) is 4.79 Å². The van der Waals surface area contributed by atoms with E-state index >= 15 is 0 Å². The second-order valence-corrected chi connectivity index (χ2v) is 7.60. The lowest BCUT2D eigenvalue weighted by atomic mass is 10.1. The Morgan fingerprint density at radius 3 is 2.70 bits per heavy atom. The van der Waals surface area contributed by atoms with E-state index < -0.39 is 0 Å². The molecule has 3 rings (SSSR count). The van der Waals surface area contributed by atoms with Gasteiger partial charge in [-0.2, -0.15) is 5.10 Å². The summed E-state index contributed by atoms with van der Waals surface area (Å²) in [5, 5.41) is 7.64. The van der Waals surface area contributed by atoms with Gasteiger partial charge >= 0.3 is 0 Å². The minimum atomic E-state index is -0.00979. The molecule has 0 bridgehead atoms. The number of carbonyl (C=O) groups is 1. The van der Waals surface area contributed by atoms with Crippen LogP contribution in [0.2, 0.25) is 0 Å². The smallest absolute Gasteiger partial charge is 0.228 e. The standard InChI is InChI=1S/C21H30N4O2/c1-15(2)14-25-17(4)20(16(3)23-25)13-21(26)22-18-6-5-7-19(12-18)24-8-10-27-11-9-24/h5-7,12,15H,8-11,13-14H2,1-4H3,(H,22,26). The number of benzene rings is 1. The second-order valence-electron chi connectivity index (χ2n) is 7.60. The number of anilines is 2. The molecule has 1 fully saturated rings. The Labute approximate surface area is 161 Å². The highest BCUT2D eigenvalue weighted by atomic mass is 16.5. The summed E-state index contributed by atoms with van der Waals surface area (Å²) in [4.78, 5) is 14.9. The van der Waals surface area contributed by atoms with Gasteiger partial charge in [0.1, 0.15) is 0 Å². The Bertz CT molecular complexity index is 791. The van der Waals surface area contributed by atoms with Crippen molar-refractivity contribution < 1.29 is 9.53 Å². The van der Waals surface area contributed by atoms with Crippen LogP contribution in [-0.2, 0) is 22.5 Å². The summed E-state index contributed by atoms with van der Waals surface area (Å²) in [7, 11) is 0. The first-order valence-corrected chi connectivity index (χ1v) is 9.69. The van der Waals surface area contributed by atoms with Crippen LogP contribution in [0.4, 0.5) is 11.4 Å². The third-order valence-electron chi connectivity index (χ3n) is 4.91. The maximum atomic E-state index is 12.6. The number of nitrogens with zero attached hydrogens (tertiary/aromatic N) is 3. The Balaban J connectivity index is 1.67. The van der Waals surface area contributed by atoms with Crippen molar-refractivity contribution in [2.75, 3.05) is 36.5 Å². The van der Waals surface area contributed by atoms with E-state index in [1.165, 1.54) is 0 Å². The minimum absolute atomic E-state index is 0.00979. The van der Waals surface area contributed by atoms with Crippen LogP contribution >= 0.6 is 0 Å². The van der Waals surface area contributed by atoms with Gasteiger partial charge in [-0.15, -0.1) is 0 Å². The number of morpholine rings is 1. The lowest BCUT2D eigenvalue weighted by Gasteiger charge is -2.29. The van der Waals surface area contributed by atoms with Gasteiger partial charge in [0.2, 0.25) is 5.91 Å². The summed E-state index contributed by atoms with van der Waals surface area (Å²) >= 11 is 0. The highest BCUT2D eigenvalue weighted by Crippen LogP contribution is 2.21. The average Bonchev–Trinajstić information content (AvgIpc) is 2.89. The van der Waals surface area contributed by atoms with Gasteiger partial charge in [-0.05, 0) is 38.0 Å². The monoisotopic (exact) mass is 370 g/mol. The van der Waals surface area contributed by atoms with Crippen LogP contribution in [0.15, 0.2) is 24.3 Å². The van der Waals surface area contributed by atoms with Crippen LogP contribution in [-0.4, -0.2) is 42.0 Å². The molecule has 0 radical (unpaired) electrons. The first-order valence-electron chi connectivity index (χ1n) is 9.69. The molecule has 6 heteroatoms. The van der Waals surface area contributed by atoms with Crippen LogP contribution in [0.5, 0.6) is 0 Å². The van der Waals surface area contributed by atoms with Gasteiger partial charge in [-0.1, -0.05) is 19.9 Å². The Hall–Kier alpha value is -2.34. The molecule has 0 atom stereocenters. The molecule has 2 heterocycles. The SMILES string of the molecule is Cc1nn(CC(C)C)c(C)c1CC(=O)Nc1cccc(N2CCOCC2)c1. The van der Waals surface area contributed by atoms with Gasteiger partial charge in [0, 0.05) is 42.3 Å². The molecule has 0 saturated carbocycles. The maximum Gasteiger partial charge on any atom is 0.228 e. The molecular formula is C21H30N4O2. The van der Waals surface area contributed by atoms with Crippen LogP contribution < -0.4 is 10.2 Å². The zero-order valence-corrected chi connectivity index (χ0v) is 16.8. The maximum absolute atomic E-state index is 12.6. The Morgan fingerprint density at radius 2 is 2.00 bits per heavy atom. The Kier molecular flexibility index (Phi) is 6.16. The van der Waals surface area contributed by atoms with Crippen molar-refractivity contribution in [2.45, 2.75) is 40.7 Å². The quantitative estimate of drug-likeness (QED) is 0.848. The number of aryl methyl sites for hydroxylation is 1. The molecule has 146 valence electrons. The lowest BCUT2D eigenvalue weighted by Crippen LogP contribution is -2.36. The summed E-state index contributed by atoms with van der Waals surface area (Å²) in [5.41, 5.74) is 4.99. The van der Waals surface area contributed by atoms with E-state index in [1.807, 2.05) is 36.7 Å². The van der Waals surface area contributed by atoms with Crippen LogP contribution in [0, 0.1) is 19.8 Å². The fraction of sp³-hybridized carbons (Fsp3) is 0.524. The van der Waals surface area contributed by atoms with Gasteiger partial charge in [0.05, 0.1) is 25.3 Å². The average molecular weight is 370 g/mol. The van der Waals surface area contributed by atoms with Crippen molar-refractivity contribution in [3.8, 4) is 0 Å². The number of hydrogen-bond donors (Lipinski definition) is 1. The number of ether oxygens (including phenoxy) is 1. The molecule has 1 aromatic heterocycles. The molecule has 6 nitrogen and oxygen atoms in total. The molecule has 0 unspecified atom stereocenters. The third-order valence-corrected chi connectivity index (χ3v) is 4.91. The number of rotatable bonds is 6. The predicted molar refractivity (Wildman–Crippen MR) is 108 cm³/mol. The second kappa shape index (κ2) is 8.57. The van der Waals surface area contributed by atoms with Crippen LogP contribution in [0.1, 0.15) is 30.8 Å². The largest absolute Gasteiger partial charge is 0.378 e. The van der Waals surface area contributed by atoms with E-state index in [1.54, 1.807) is 0 Å². The van der Waals surface area contributed by atoms with Crippen molar-refractivity contribution >= 4 is 17.3 Å². The van der Waals surface area contributed by atoms with E-state index in [2.05, 4.69) is 35.2 Å².